The summed E-state index contributed by atoms with van der Waals surface area (Å²) in [5, 5.41) is 2.77. The Morgan fingerprint density at radius 1 is 0.633 bits per heavy atom. The quantitative estimate of drug-likeness (QED) is 0.570. The van der Waals surface area contributed by atoms with Gasteiger partial charge in [0, 0.05) is 22.4 Å². The molecule has 7 heteroatoms. The van der Waals surface area contributed by atoms with Crippen molar-refractivity contribution in [2.45, 2.75) is 6.92 Å². The number of methoxy groups -OCH3 is 1. The number of aryl methyl sites for hydroxylation is 1. The third-order valence-corrected chi connectivity index (χ3v) is 4.36. The van der Waals surface area contributed by atoms with E-state index >= 15 is 0 Å². The molecule has 0 saturated heterocycles. The van der Waals surface area contributed by atoms with Crippen LogP contribution in [-0.4, -0.2) is 24.8 Å². The molecule has 30 heavy (non-hydrogen) atoms. The zero-order valence-electron chi connectivity index (χ0n) is 16.6. The van der Waals surface area contributed by atoms with Crippen molar-refractivity contribution >= 4 is 23.4 Å². The molecule has 0 radical (unpaired) electrons. The number of hydrazine groups is 1. The summed E-state index contributed by atoms with van der Waals surface area (Å²) in [7, 11) is 1.54. The maximum atomic E-state index is 12.3. The number of nitrogens with one attached hydrogen (secondary N) is 3. The van der Waals surface area contributed by atoms with E-state index in [0.29, 0.717) is 28.1 Å². The third kappa shape index (κ3) is 5.23. The highest BCUT2D eigenvalue weighted by atomic mass is 16.5. The second kappa shape index (κ2) is 9.38. The first-order valence-electron chi connectivity index (χ1n) is 9.19. The fourth-order valence-corrected chi connectivity index (χ4v) is 2.61. The molecule has 152 valence electrons. The molecule has 7 nitrogen and oxygen atoms in total. The molecule has 0 heterocycles. The summed E-state index contributed by atoms with van der Waals surface area (Å²) in [6.07, 6.45) is 0. The Hall–Kier alpha value is -4.13. The summed E-state index contributed by atoms with van der Waals surface area (Å²) in [6, 6.07) is 20.1. The minimum absolute atomic E-state index is 0.237. The highest BCUT2D eigenvalue weighted by Gasteiger charge is 2.10. The smallest absolute Gasteiger partial charge is 0.269 e. The molecule has 0 saturated carbocycles. The van der Waals surface area contributed by atoms with Crippen LogP contribution in [0.15, 0.2) is 72.8 Å². The Labute approximate surface area is 174 Å². The molecule has 3 aromatic carbocycles. The molecule has 0 aromatic heterocycles. The normalized spacial score (nSPS) is 10.1. The maximum Gasteiger partial charge on any atom is 0.269 e. The van der Waals surface area contributed by atoms with Crippen LogP contribution >= 0.6 is 0 Å². The molecular formula is C23H21N3O4. The monoisotopic (exact) mass is 403 g/mol. The van der Waals surface area contributed by atoms with Crippen molar-refractivity contribution in [2.75, 3.05) is 12.4 Å². The number of carbonyl (C=O) groups excluding carboxylic acids is 3. The summed E-state index contributed by atoms with van der Waals surface area (Å²) in [5.41, 5.74) is 7.60. The minimum Gasteiger partial charge on any atom is -0.497 e. The molecule has 3 N–H and O–H groups in total. The molecule has 0 fully saturated rings. The SMILES string of the molecule is COc1ccc(C(=O)NNC(=O)c2ccc(NC(=O)c3ccc(C)cc3)cc2)cc1. The molecule has 0 aliphatic rings. The second-order valence-corrected chi connectivity index (χ2v) is 6.53. The van der Waals surface area contributed by atoms with Gasteiger partial charge in [-0.1, -0.05) is 17.7 Å². The van der Waals surface area contributed by atoms with E-state index in [0.717, 1.165) is 5.56 Å². The van der Waals surface area contributed by atoms with Crippen LogP contribution < -0.4 is 20.9 Å². The molecule has 0 atom stereocenters. The van der Waals surface area contributed by atoms with Gasteiger partial charge in [0.05, 0.1) is 7.11 Å². The van der Waals surface area contributed by atoms with Gasteiger partial charge in [0.15, 0.2) is 0 Å². The van der Waals surface area contributed by atoms with Crippen molar-refractivity contribution in [3.63, 3.8) is 0 Å². The first-order chi connectivity index (χ1) is 14.5. The van der Waals surface area contributed by atoms with Gasteiger partial charge in [-0.3, -0.25) is 25.2 Å². The van der Waals surface area contributed by atoms with Gasteiger partial charge in [0.25, 0.3) is 17.7 Å². The van der Waals surface area contributed by atoms with E-state index in [4.69, 9.17) is 4.74 Å². The van der Waals surface area contributed by atoms with Gasteiger partial charge in [-0.25, -0.2) is 0 Å². The van der Waals surface area contributed by atoms with Crippen molar-refractivity contribution in [1.29, 1.82) is 0 Å². The molecule has 0 unspecified atom stereocenters. The fraction of sp³-hybridized carbons (Fsp3) is 0.0870. The Balaban J connectivity index is 1.54. The number of ether oxygens (including phenoxy) is 1. The van der Waals surface area contributed by atoms with Crippen LogP contribution in [0.1, 0.15) is 36.6 Å². The molecule has 0 aliphatic heterocycles. The van der Waals surface area contributed by atoms with E-state index in [9.17, 15) is 14.4 Å². The average molecular weight is 403 g/mol. The Kier molecular flexibility index (Phi) is 6.44. The van der Waals surface area contributed by atoms with Crippen LogP contribution in [-0.2, 0) is 0 Å². The van der Waals surface area contributed by atoms with E-state index in [1.165, 1.54) is 7.11 Å². The lowest BCUT2D eigenvalue weighted by Crippen LogP contribution is -2.41. The molecular weight excluding hydrogens is 382 g/mol. The zero-order valence-corrected chi connectivity index (χ0v) is 16.6. The van der Waals surface area contributed by atoms with Gasteiger partial charge in [0.2, 0.25) is 0 Å². The first-order valence-corrected chi connectivity index (χ1v) is 9.19. The Morgan fingerprint density at radius 2 is 1.07 bits per heavy atom. The van der Waals surface area contributed by atoms with Crippen molar-refractivity contribution < 1.29 is 19.1 Å². The third-order valence-electron chi connectivity index (χ3n) is 4.36. The van der Waals surface area contributed by atoms with Gasteiger partial charge in [-0.05, 0) is 67.6 Å². The van der Waals surface area contributed by atoms with E-state index in [1.807, 2.05) is 19.1 Å². The van der Waals surface area contributed by atoms with Crippen LogP contribution in [0.3, 0.4) is 0 Å². The van der Waals surface area contributed by atoms with Crippen molar-refractivity contribution in [3.8, 4) is 5.75 Å². The van der Waals surface area contributed by atoms with Crippen molar-refractivity contribution in [3.05, 3.63) is 95.1 Å². The van der Waals surface area contributed by atoms with Gasteiger partial charge in [-0.15, -0.1) is 0 Å². The predicted octanol–water partition coefficient (Wildman–Crippen LogP) is 3.33. The Morgan fingerprint density at radius 3 is 1.57 bits per heavy atom. The van der Waals surface area contributed by atoms with E-state index in [2.05, 4.69) is 16.2 Å². The van der Waals surface area contributed by atoms with Crippen molar-refractivity contribution in [1.82, 2.24) is 10.9 Å². The minimum atomic E-state index is -0.478. The zero-order chi connectivity index (χ0) is 21.5. The average Bonchev–Trinajstić information content (AvgIpc) is 2.78. The van der Waals surface area contributed by atoms with Gasteiger partial charge in [-0.2, -0.15) is 0 Å². The van der Waals surface area contributed by atoms with E-state index < -0.39 is 11.8 Å². The van der Waals surface area contributed by atoms with E-state index in [1.54, 1.807) is 60.7 Å². The van der Waals surface area contributed by atoms with E-state index in [-0.39, 0.29) is 5.91 Å². The van der Waals surface area contributed by atoms with Crippen LogP contribution in [0.25, 0.3) is 0 Å². The largest absolute Gasteiger partial charge is 0.497 e. The number of carbonyl (C=O) groups is 3. The molecule has 3 rings (SSSR count). The maximum absolute atomic E-state index is 12.3. The Bertz CT molecular complexity index is 1040. The first kappa shape index (κ1) is 20.6. The van der Waals surface area contributed by atoms with Crippen molar-refractivity contribution in [2.24, 2.45) is 0 Å². The standard InChI is InChI=1S/C23H21N3O4/c1-15-3-5-16(6-4-15)21(27)24-19-11-7-17(8-12-19)22(28)25-26-23(29)18-9-13-20(30-2)14-10-18/h3-14H,1-2H3,(H,24,27)(H,25,28)(H,26,29). The second-order valence-electron chi connectivity index (χ2n) is 6.53. The topological polar surface area (TPSA) is 96.5 Å². The number of benzene rings is 3. The number of rotatable bonds is 5. The summed E-state index contributed by atoms with van der Waals surface area (Å²) in [5.74, 6) is -0.537. The molecule has 3 amide bonds. The van der Waals surface area contributed by atoms with Crippen LogP contribution in [0, 0.1) is 6.92 Å². The fourth-order valence-electron chi connectivity index (χ4n) is 2.61. The molecule has 3 aromatic rings. The number of amides is 3. The number of anilines is 1. The highest BCUT2D eigenvalue weighted by molar-refractivity contribution is 6.04. The lowest BCUT2D eigenvalue weighted by molar-refractivity contribution is 0.0846. The lowest BCUT2D eigenvalue weighted by atomic mass is 10.1. The van der Waals surface area contributed by atoms with Crippen LogP contribution in [0.2, 0.25) is 0 Å². The predicted molar refractivity (Wildman–Crippen MR) is 114 cm³/mol. The summed E-state index contributed by atoms with van der Waals surface area (Å²) in [6.45, 7) is 1.95. The highest BCUT2D eigenvalue weighted by Crippen LogP contribution is 2.13. The van der Waals surface area contributed by atoms with Gasteiger partial charge < -0.3 is 10.1 Å². The number of hydrogen-bond acceptors (Lipinski definition) is 4. The lowest BCUT2D eigenvalue weighted by Gasteiger charge is -2.09. The van der Waals surface area contributed by atoms with Gasteiger partial charge in [0.1, 0.15) is 5.75 Å². The molecule has 0 spiro atoms. The van der Waals surface area contributed by atoms with Gasteiger partial charge >= 0.3 is 0 Å². The summed E-state index contributed by atoms with van der Waals surface area (Å²) in [4.78, 5) is 36.6. The molecule has 0 bridgehead atoms. The summed E-state index contributed by atoms with van der Waals surface area (Å²) < 4.78 is 5.04. The van der Waals surface area contributed by atoms with Crippen LogP contribution in [0.5, 0.6) is 5.75 Å². The molecule has 0 aliphatic carbocycles. The summed E-state index contributed by atoms with van der Waals surface area (Å²) >= 11 is 0. The number of hydrogen-bond donors (Lipinski definition) is 3. The van der Waals surface area contributed by atoms with Crippen LogP contribution in [0.4, 0.5) is 5.69 Å².